The van der Waals surface area contributed by atoms with Gasteiger partial charge in [-0.3, -0.25) is 9.59 Å². The highest BCUT2D eigenvalue weighted by Gasteiger charge is 2.42. The molecule has 1 N–H and O–H groups in total. The first kappa shape index (κ1) is 13.8. The molecule has 2 aliphatic heterocycles. The number of carbonyl (C=O) groups excluding carboxylic acids is 2. The molecule has 1 aromatic rings. The smallest absolute Gasteiger partial charge is 0.256 e. The van der Waals surface area contributed by atoms with Crippen molar-refractivity contribution < 1.29 is 9.59 Å². The van der Waals surface area contributed by atoms with Gasteiger partial charge in [-0.25, -0.2) is 0 Å². The number of nitrogens with one attached hydrogen (secondary N) is 1. The third-order valence-corrected chi connectivity index (χ3v) is 5.08. The minimum atomic E-state index is -0.363. The largest absolute Gasteiger partial charge is 0.325 e. The van der Waals surface area contributed by atoms with Gasteiger partial charge in [0.25, 0.3) is 5.91 Å². The summed E-state index contributed by atoms with van der Waals surface area (Å²) in [5.41, 5.74) is 1.04. The standard InChI is InChI=1S/C14H15ClN2O2S/c1-2-20-9-6-12-13(18)16-11-5-8(15)3-4-10(11)14(19)17(12)7-9/h3-5,9,12H,2,6-7H2,1H3,(H,16,18)/t9-,12-/m1/s1. The molecule has 106 valence electrons. The Bertz CT molecular complexity index is 578. The van der Waals surface area contributed by atoms with Gasteiger partial charge in [-0.05, 0) is 30.4 Å². The van der Waals surface area contributed by atoms with Crippen LogP contribution in [0.15, 0.2) is 18.2 Å². The molecule has 0 spiro atoms. The van der Waals surface area contributed by atoms with Gasteiger partial charge >= 0.3 is 0 Å². The summed E-state index contributed by atoms with van der Waals surface area (Å²) in [5.74, 6) is 0.797. The first-order chi connectivity index (χ1) is 9.60. The van der Waals surface area contributed by atoms with E-state index >= 15 is 0 Å². The van der Waals surface area contributed by atoms with Crippen LogP contribution in [0.1, 0.15) is 23.7 Å². The first-order valence-corrected chi connectivity index (χ1v) is 8.05. The van der Waals surface area contributed by atoms with Crippen LogP contribution in [0.4, 0.5) is 5.69 Å². The highest BCUT2D eigenvalue weighted by molar-refractivity contribution is 7.99. The van der Waals surface area contributed by atoms with Gasteiger partial charge in [-0.15, -0.1) is 0 Å². The molecule has 1 aromatic carbocycles. The van der Waals surface area contributed by atoms with Gasteiger partial charge in [0, 0.05) is 16.8 Å². The van der Waals surface area contributed by atoms with Crippen LogP contribution in [0.5, 0.6) is 0 Å². The number of rotatable bonds is 2. The monoisotopic (exact) mass is 310 g/mol. The zero-order valence-corrected chi connectivity index (χ0v) is 12.6. The van der Waals surface area contributed by atoms with E-state index in [1.54, 1.807) is 34.9 Å². The number of anilines is 1. The summed E-state index contributed by atoms with van der Waals surface area (Å²) in [7, 11) is 0. The molecule has 2 heterocycles. The first-order valence-electron chi connectivity index (χ1n) is 6.63. The zero-order chi connectivity index (χ0) is 14.3. The second-order valence-electron chi connectivity index (χ2n) is 4.97. The number of hydrogen-bond acceptors (Lipinski definition) is 3. The number of halogens is 1. The van der Waals surface area contributed by atoms with Crippen LogP contribution in [-0.4, -0.2) is 40.3 Å². The van der Waals surface area contributed by atoms with Crippen molar-refractivity contribution in [3.63, 3.8) is 0 Å². The molecule has 6 heteroatoms. The van der Waals surface area contributed by atoms with Crippen molar-refractivity contribution in [2.75, 3.05) is 17.6 Å². The second kappa shape index (κ2) is 5.30. The molecule has 0 aromatic heterocycles. The lowest BCUT2D eigenvalue weighted by Crippen LogP contribution is -2.40. The van der Waals surface area contributed by atoms with E-state index in [9.17, 15) is 9.59 Å². The third kappa shape index (κ3) is 2.29. The molecule has 0 radical (unpaired) electrons. The summed E-state index contributed by atoms with van der Waals surface area (Å²) in [4.78, 5) is 26.6. The Morgan fingerprint density at radius 3 is 3.00 bits per heavy atom. The summed E-state index contributed by atoms with van der Waals surface area (Å²) in [5, 5.41) is 3.69. The molecule has 0 bridgehead atoms. The van der Waals surface area contributed by atoms with Crippen LogP contribution in [0.3, 0.4) is 0 Å². The summed E-state index contributed by atoms with van der Waals surface area (Å²) < 4.78 is 0. The number of nitrogens with zero attached hydrogens (tertiary/aromatic N) is 1. The van der Waals surface area contributed by atoms with Gasteiger partial charge in [0.1, 0.15) is 6.04 Å². The van der Waals surface area contributed by atoms with Gasteiger partial charge in [0.2, 0.25) is 5.91 Å². The lowest BCUT2D eigenvalue weighted by atomic mass is 10.1. The fourth-order valence-corrected chi connectivity index (χ4v) is 4.03. The van der Waals surface area contributed by atoms with Crippen LogP contribution in [0.25, 0.3) is 0 Å². The number of amides is 2. The molecule has 20 heavy (non-hydrogen) atoms. The van der Waals surface area contributed by atoms with Gasteiger partial charge in [-0.2, -0.15) is 11.8 Å². The van der Waals surface area contributed by atoms with Crippen LogP contribution in [0.2, 0.25) is 5.02 Å². The van der Waals surface area contributed by atoms with Crippen LogP contribution in [0, 0.1) is 0 Å². The normalized spacial score (nSPS) is 25.0. The molecule has 0 unspecified atom stereocenters. The molecule has 2 atom stereocenters. The lowest BCUT2D eigenvalue weighted by molar-refractivity contribution is -0.119. The molecular weight excluding hydrogens is 296 g/mol. The maximum Gasteiger partial charge on any atom is 0.256 e. The van der Waals surface area contributed by atoms with E-state index in [0.717, 1.165) is 12.2 Å². The summed E-state index contributed by atoms with van der Waals surface area (Å²) in [6.07, 6.45) is 0.720. The predicted octanol–water partition coefficient (Wildman–Crippen LogP) is 2.63. The highest BCUT2D eigenvalue weighted by Crippen LogP contribution is 2.34. The van der Waals surface area contributed by atoms with Gasteiger partial charge in [0.15, 0.2) is 0 Å². The van der Waals surface area contributed by atoms with E-state index in [1.807, 2.05) is 0 Å². The second-order valence-corrected chi connectivity index (χ2v) is 6.98. The quantitative estimate of drug-likeness (QED) is 0.913. The Hall–Kier alpha value is -1.20. The van der Waals surface area contributed by atoms with Gasteiger partial charge in [0.05, 0.1) is 11.3 Å². The van der Waals surface area contributed by atoms with E-state index in [1.165, 1.54) is 0 Å². The highest BCUT2D eigenvalue weighted by atomic mass is 35.5. The lowest BCUT2D eigenvalue weighted by Gasteiger charge is -2.19. The minimum Gasteiger partial charge on any atom is -0.325 e. The molecule has 1 fully saturated rings. The summed E-state index contributed by atoms with van der Waals surface area (Å²) in [6.45, 7) is 2.73. The zero-order valence-electron chi connectivity index (χ0n) is 11.1. The summed E-state index contributed by atoms with van der Waals surface area (Å²) >= 11 is 7.74. The Kier molecular flexibility index (Phi) is 3.65. The topological polar surface area (TPSA) is 49.4 Å². The molecule has 0 aliphatic carbocycles. The maximum absolute atomic E-state index is 12.6. The Balaban J connectivity index is 1.96. The van der Waals surface area contributed by atoms with Crippen molar-refractivity contribution in [1.29, 1.82) is 0 Å². The molecule has 2 amide bonds. The van der Waals surface area contributed by atoms with E-state index in [-0.39, 0.29) is 17.9 Å². The number of fused-ring (bicyclic) bond motifs is 2. The van der Waals surface area contributed by atoms with Crippen molar-refractivity contribution in [2.45, 2.75) is 24.6 Å². The molecular formula is C14H15ClN2O2S. The number of benzene rings is 1. The van der Waals surface area contributed by atoms with Gasteiger partial charge in [-0.1, -0.05) is 18.5 Å². The predicted molar refractivity (Wildman–Crippen MR) is 81.4 cm³/mol. The number of carbonyl (C=O) groups is 2. The van der Waals surface area contributed by atoms with Gasteiger partial charge < -0.3 is 10.2 Å². The summed E-state index contributed by atoms with van der Waals surface area (Å²) in [6, 6.07) is 4.63. The van der Waals surface area contributed by atoms with Crippen LogP contribution in [-0.2, 0) is 4.79 Å². The van der Waals surface area contributed by atoms with Crippen LogP contribution >= 0.6 is 23.4 Å². The van der Waals surface area contributed by atoms with E-state index in [2.05, 4.69) is 12.2 Å². The molecule has 1 saturated heterocycles. The number of hydrogen-bond donors (Lipinski definition) is 1. The third-order valence-electron chi connectivity index (χ3n) is 3.70. The average molecular weight is 311 g/mol. The maximum atomic E-state index is 12.6. The minimum absolute atomic E-state index is 0.0841. The molecule has 2 aliphatic rings. The Morgan fingerprint density at radius 1 is 1.45 bits per heavy atom. The molecule has 0 saturated carbocycles. The Morgan fingerprint density at radius 2 is 2.25 bits per heavy atom. The van der Waals surface area contributed by atoms with Crippen molar-refractivity contribution in [2.24, 2.45) is 0 Å². The van der Waals surface area contributed by atoms with E-state index in [4.69, 9.17) is 11.6 Å². The van der Waals surface area contributed by atoms with E-state index in [0.29, 0.717) is 28.1 Å². The SMILES string of the molecule is CCS[C@@H]1C[C@@H]2C(=O)Nc3cc(Cl)ccc3C(=O)N2C1. The fourth-order valence-electron chi connectivity index (χ4n) is 2.80. The van der Waals surface area contributed by atoms with Crippen molar-refractivity contribution in [3.05, 3.63) is 28.8 Å². The fraction of sp³-hybridized carbons (Fsp3) is 0.429. The number of thioether (sulfide) groups is 1. The Labute approximate surface area is 126 Å². The van der Waals surface area contributed by atoms with Crippen molar-refractivity contribution >= 4 is 40.9 Å². The molecule has 3 rings (SSSR count). The van der Waals surface area contributed by atoms with E-state index < -0.39 is 0 Å². The van der Waals surface area contributed by atoms with Crippen molar-refractivity contribution in [3.8, 4) is 0 Å². The average Bonchev–Trinajstić information content (AvgIpc) is 2.79. The van der Waals surface area contributed by atoms with Crippen LogP contribution < -0.4 is 5.32 Å². The molecule has 4 nitrogen and oxygen atoms in total. The van der Waals surface area contributed by atoms with Crippen molar-refractivity contribution in [1.82, 2.24) is 4.90 Å².